The predicted molar refractivity (Wildman–Crippen MR) is 99.4 cm³/mol. The van der Waals surface area contributed by atoms with Crippen molar-refractivity contribution in [3.05, 3.63) is 45.7 Å². The lowest BCUT2D eigenvalue weighted by Crippen LogP contribution is -2.32. The molecule has 1 aromatic carbocycles. The molecule has 0 saturated heterocycles. The average Bonchev–Trinajstić information content (AvgIpc) is 2.61. The lowest BCUT2D eigenvalue weighted by Gasteiger charge is -2.23. The highest BCUT2D eigenvalue weighted by molar-refractivity contribution is 6.30. The molecule has 1 N–H and O–H groups in total. The molecule has 0 spiro atoms. The van der Waals surface area contributed by atoms with Crippen molar-refractivity contribution in [3.63, 3.8) is 0 Å². The maximum atomic E-state index is 11.7. The van der Waals surface area contributed by atoms with Crippen LogP contribution in [-0.2, 0) is 9.47 Å². The average molecular weight is 382 g/mol. The Kier molecular flexibility index (Phi) is 7.52. The second-order valence-corrected chi connectivity index (χ2v) is 5.70. The third kappa shape index (κ3) is 5.25. The summed E-state index contributed by atoms with van der Waals surface area (Å²) in [5.74, 6) is 0.283. The van der Waals surface area contributed by atoms with Crippen LogP contribution in [0.3, 0.4) is 0 Å². The Bertz CT molecular complexity index is 738. The van der Waals surface area contributed by atoms with Crippen molar-refractivity contribution in [2.45, 2.75) is 0 Å². The Balaban J connectivity index is 2.40. The van der Waals surface area contributed by atoms with Crippen LogP contribution in [0.4, 0.5) is 23.0 Å². The van der Waals surface area contributed by atoms with Gasteiger partial charge in [-0.25, -0.2) is 9.97 Å². The first-order valence-electron chi connectivity index (χ1n) is 7.81. The number of nitro groups is 1. The molecule has 26 heavy (non-hydrogen) atoms. The number of hydrogen-bond donors (Lipinski definition) is 1. The van der Waals surface area contributed by atoms with E-state index in [2.05, 4.69) is 15.3 Å². The molecule has 0 atom stereocenters. The fraction of sp³-hybridized carbons (Fsp3) is 0.375. The molecule has 0 aliphatic rings. The van der Waals surface area contributed by atoms with Crippen LogP contribution in [0.5, 0.6) is 0 Å². The van der Waals surface area contributed by atoms with Gasteiger partial charge >= 0.3 is 5.69 Å². The Hall–Kier alpha value is -2.49. The molecule has 0 aliphatic heterocycles. The van der Waals surface area contributed by atoms with Gasteiger partial charge < -0.3 is 19.7 Å². The molecule has 0 bridgehead atoms. The highest BCUT2D eigenvalue weighted by Crippen LogP contribution is 2.33. The second kappa shape index (κ2) is 9.85. The van der Waals surface area contributed by atoms with E-state index < -0.39 is 4.92 Å². The molecule has 0 aliphatic carbocycles. The van der Waals surface area contributed by atoms with Crippen molar-refractivity contribution in [2.24, 2.45) is 0 Å². The molecular formula is C16H20ClN5O4. The SMILES string of the molecule is COCCN(CCOC)c1ncnc(Nc2cccc(Cl)c2)c1[N+](=O)[O-]. The lowest BCUT2D eigenvalue weighted by atomic mass is 10.3. The molecule has 10 heteroatoms. The molecular weight excluding hydrogens is 362 g/mol. The first-order chi connectivity index (χ1) is 12.6. The van der Waals surface area contributed by atoms with E-state index in [0.29, 0.717) is 37.0 Å². The van der Waals surface area contributed by atoms with E-state index in [-0.39, 0.29) is 17.3 Å². The number of methoxy groups -OCH3 is 2. The summed E-state index contributed by atoms with van der Waals surface area (Å²) in [7, 11) is 3.13. The van der Waals surface area contributed by atoms with Crippen LogP contribution in [0.15, 0.2) is 30.6 Å². The largest absolute Gasteiger partial charge is 0.383 e. The first-order valence-corrected chi connectivity index (χ1v) is 8.19. The minimum absolute atomic E-state index is 0.0853. The smallest absolute Gasteiger partial charge is 0.353 e. The number of nitrogens with zero attached hydrogens (tertiary/aromatic N) is 4. The third-order valence-corrected chi connectivity index (χ3v) is 3.74. The number of ether oxygens (including phenoxy) is 2. The molecule has 0 amide bonds. The van der Waals surface area contributed by atoms with Gasteiger partial charge in [-0.15, -0.1) is 0 Å². The van der Waals surface area contributed by atoms with Gasteiger partial charge in [-0.05, 0) is 18.2 Å². The minimum atomic E-state index is -0.505. The maximum Gasteiger partial charge on any atom is 0.353 e. The number of aromatic nitrogens is 2. The van der Waals surface area contributed by atoms with Gasteiger partial charge in [-0.3, -0.25) is 10.1 Å². The molecule has 140 valence electrons. The van der Waals surface area contributed by atoms with Crippen LogP contribution in [0.25, 0.3) is 0 Å². The van der Waals surface area contributed by atoms with Crippen LogP contribution in [-0.4, -0.2) is 55.4 Å². The summed E-state index contributed by atoms with van der Waals surface area (Å²) in [4.78, 5) is 21.1. The third-order valence-electron chi connectivity index (χ3n) is 3.50. The van der Waals surface area contributed by atoms with Crippen molar-refractivity contribution in [1.82, 2.24) is 9.97 Å². The van der Waals surface area contributed by atoms with E-state index in [1.165, 1.54) is 6.33 Å². The van der Waals surface area contributed by atoms with E-state index in [9.17, 15) is 10.1 Å². The van der Waals surface area contributed by atoms with Crippen LogP contribution in [0, 0.1) is 10.1 Å². The Labute approximate surface area is 156 Å². The van der Waals surface area contributed by atoms with E-state index in [4.69, 9.17) is 21.1 Å². The van der Waals surface area contributed by atoms with Gasteiger partial charge in [0, 0.05) is 38.0 Å². The van der Waals surface area contributed by atoms with Gasteiger partial charge in [0.15, 0.2) is 0 Å². The fourth-order valence-electron chi connectivity index (χ4n) is 2.29. The summed E-state index contributed by atoms with van der Waals surface area (Å²) in [6.07, 6.45) is 1.28. The fourth-order valence-corrected chi connectivity index (χ4v) is 2.48. The van der Waals surface area contributed by atoms with Crippen molar-refractivity contribution >= 4 is 34.6 Å². The highest BCUT2D eigenvalue weighted by atomic mass is 35.5. The summed E-state index contributed by atoms with van der Waals surface area (Å²) < 4.78 is 10.2. The van der Waals surface area contributed by atoms with Crippen molar-refractivity contribution < 1.29 is 14.4 Å². The molecule has 1 heterocycles. The van der Waals surface area contributed by atoms with E-state index >= 15 is 0 Å². The van der Waals surface area contributed by atoms with Crippen molar-refractivity contribution in [2.75, 3.05) is 50.7 Å². The van der Waals surface area contributed by atoms with Crippen molar-refractivity contribution in [1.29, 1.82) is 0 Å². The molecule has 0 saturated carbocycles. The zero-order valence-corrected chi connectivity index (χ0v) is 15.3. The van der Waals surface area contributed by atoms with Gasteiger partial charge in [0.25, 0.3) is 0 Å². The summed E-state index contributed by atoms with van der Waals surface area (Å²) in [5, 5.41) is 15.2. The molecule has 0 unspecified atom stereocenters. The van der Waals surface area contributed by atoms with E-state index in [1.807, 2.05) is 0 Å². The Morgan fingerprint density at radius 1 is 1.23 bits per heavy atom. The standard InChI is InChI=1S/C16H20ClN5O4/c1-25-8-6-21(7-9-26-2)16-14(22(23)24)15(18-11-19-16)20-13-5-3-4-12(17)10-13/h3-5,10-11H,6-9H2,1-2H3,(H,18,19,20). The maximum absolute atomic E-state index is 11.7. The summed E-state index contributed by atoms with van der Waals surface area (Å²) in [6.45, 7) is 1.63. The van der Waals surface area contributed by atoms with Gasteiger partial charge in [0.1, 0.15) is 6.33 Å². The molecule has 0 fully saturated rings. The first kappa shape index (κ1) is 19.8. The van der Waals surface area contributed by atoms with Crippen LogP contribution < -0.4 is 10.2 Å². The monoisotopic (exact) mass is 381 g/mol. The number of nitrogens with one attached hydrogen (secondary N) is 1. The zero-order chi connectivity index (χ0) is 18.9. The Morgan fingerprint density at radius 3 is 2.50 bits per heavy atom. The number of hydrogen-bond acceptors (Lipinski definition) is 8. The molecule has 2 rings (SSSR count). The zero-order valence-electron chi connectivity index (χ0n) is 14.5. The highest BCUT2D eigenvalue weighted by Gasteiger charge is 2.27. The number of anilines is 3. The number of halogens is 1. The lowest BCUT2D eigenvalue weighted by molar-refractivity contribution is -0.383. The summed E-state index contributed by atoms with van der Waals surface area (Å²) >= 11 is 5.97. The molecule has 0 radical (unpaired) electrons. The van der Waals surface area contributed by atoms with Gasteiger partial charge in [-0.2, -0.15) is 0 Å². The molecule has 9 nitrogen and oxygen atoms in total. The van der Waals surface area contributed by atoms with Crippen molar-refractivity contribution in [3.8, 4) is 0 Å². The normalized spacial score (nSPS) is 10.6. The number of benzene rings is 1. The topological polar surface area (TPSA) is 103 Å². The van der Waals surface area contributed by atoms with Gasteiger partial charge in [0.2, 0.25) is 11.6 Å². The van der Waals surface area contributed by atoms with Crippen LogP contribution >= 0.6 is 11.6 Å². The van der Waals surface area contributed by atoms with Crippen LogP contribution in [0.1, 0.15) is 0 Å². The van der Waals surface area contributed by atoms with E-state index in [1.54, 1.807) is 43.4 Å². The minimum Gasteiger partial charge on any atom is -0.383 e. The Morgan fingerprint density at radius 2 is 1.92 bits per heavy atom. The van der Waals surface area contributed by atoms with Gasteiger partial charge in [-0.1, -0.05) is 17.7 Å². The second-order valence-electron chi connectivity index (χ2n) is 5.26. The summed E-state index contributed by atoms with van der Waals surface area (Å²) in [5.41, 5.74) is 0.366. The quantitative estimate of drug-likeness (QED) is 0.495. The molecule has 1 aromatic heterocycles. The molecule has 2 aromatic rings. The predicted octanol–water partition coefficient (Wildman–Crippen LogP) is 2.88. The van der Waals surface area contributed by atoms with Crippen LogP contribution in [0.2, 0.25) is 5.02 Å². The van der Waals surface area contributed by atoms with Gasteiger partial charge in [0.05, 0.1) is 18.1 Å². The summed E-state index contributed by atoms with van der Waals surface area (Å²) in [6, 6.07) is 6.84. The van der Waals surface area contributed by atoms with E-state index in [0.717, 1.165) is 0 Å². The number of rotatable bonds is 10.